The number of aromatic nitrogens is 2. The predicted molar refractivity (Wildman–Crippen MR) is 80.8 cm³/mol. The number of rotatable bonds is 1. The van der Waals surface area contributed by atoms with Crippen LogP contribution in [0.1, 0.15) is 11.3 Å². The Balaban J connectivity index is 2.05. The number of aryl methyl sites for hydroxylation is 2. The van der Waals surface area contributed by atoms with Gasteiger partial charge in [0, 0.05) is 16.6 Å². The molecule has 0 saturated heterocycles. The number of benzene rings is 2. The standard InChI is InChI=1S/C17H14N2O/c1-10-7-8-13-12(9-10)16(11(2)18-13)17-19-14-5-3-4-6-15(14)20-17/h3-9,18H,1-2H3. The summed E-state index contributed by atoms with van der Waals surface area (Å²) in [6.45, 7) is 4.15. The molecule has 0 spiro atoms. The van der Waals surface area contributed by atoms with Crippen molar-refractivity contribution in [3.05, 3.63) is 53.7 Å². The quantitative estimate of drug-likeness (QED) is 0.545. The van der Waals surface area contributed by atoms with Crippen LogP contribution in [0.3, 0.4) is 0 Å². The molecule has 0 bridgehead atoms. The number of fused-ring (bicyclic) bond motifs is 2. The predicted octanol–water partition coefficient (Wildman–Crippen LogP) is 4.59. The molecule has 0 aliphatic carbocycles. The molecular formula is C17H14N2O. The Labute approximate surface area is 116 Å². The summed E-state index contributed by atoms with van der Waals surface area (Å²) < 4.78 is 5.91. The van der Waals surface area contributed by atoms with Gasteiger partial charge in [-0.3, -0.25) is 0 Å². The third-order valence-electron chi connectivity index (χ3n) is 3.65. The Hall–Kier alpha value is -2.55. The SMILES string of the molecule is Cc1ccc2[nH]c(C)c(-c3nc4ccccc4o3)c2c1. The second-order valence-electron chi connectivity index (χ2n) is 5.16. The van der Waals surface area contributed by atoms with E-state index in [9.17, 15) is 0 Å². The first-order valence-corrected chi connectivity index (χ1v) is 6.67. The topological polar surface area (TPSA) is 41.8 Å². The van der Waals surface area contributed by atoms with E-state index in [0.29, 0.717) is 5.89 Å². The van der Waals surface area contributed by atoms with Gasteiger partial charge in [0.05, 0.1) is 5.56 Å². The molecule has 0 saturated carbocycles. The highest BCUT2D eigenvalue weighted by atomic mass is 16.3. The van der Waals surface area contributed by atoms with Crippen molar-refractivity contribution in [2.45, 2.75) is 13.8 Å². The van der Waals surface area contributed by atoms with E-state index in [2.05, 4.69) is 42.0 Å². The normalized spacial score (nSPS) is 11.5. The smallest absolute Gasteiger partial charge is 0.229 e. The highest BCUT2D eigenvalue weighted by Crippen LogP contribution is 2.33. The summed E-state index contributed by atoms with van der Waals surface area (Å²) in [5.41, 5.74) is 6.20. The molecule has 2 aromatic heterocycles. The Morgan fingerprint density at radius 2 is 1.90 bits per heavy atom. The van der Waals surface area contributed by atoms with Crippen LogP contribution in [0.4, 0.5) is 0 Å². The lowest BCUT2D eigenvalue weighted by molar-refractivity contribution is 0.620. The highest BCUT2D eigenvalue weighted by molar-refractivity contribution is 5.96. The molecule has 0 fully saturated rings. The van der Waals surface area contributed by atoms with Crippen molar-refractivity contribution in [2.75, 3.05) is 0 Å². The van der Waals surface area contributed by atoms with Crippen LogP contribution >= 0.6 is 0 Å². The van der Waals surface area contributed by atoms with Crippen molar-refractivity contribution in [1.29, 1.82) is 0 Å². The Morgan fingerprint density at radius 1 is 1.05 bits per heavy atom. The molecule has 2 heterocycles. The van der Waals surface area contributed by atoms with Crippen molar-refractivity contribution in [2.24, 2.45) is 0 Å². The lowest BCUT2D eigenvalue weighted by Gasteiger charge is -1.96. The van der Waals surface area contributed by atoms with E-state index in [1.165, 1.54) is 5.56 Å². The highest BCUT2D eigenvalue weighted by Gasteiger charge is 2.16. The van der Waals surface area contributed by atoms with Gasteiger partial charge in [-0.1, -0.05) is 23.8 Å². The van der Waals surface area contributed by atoms with Crippen LogP contribution in [0.2, 0.25) is 0 Å². The van der Waals surface area contributed by atoms with Crippen molar-refractivity contribution < 1.29 is 4.42 Å². The van der Waals surface area contributed by atoms with Gasteiger partial charge in [0.1, 0.15) is 5.52 Å². The van der Waals surface area contributed by atoms with Gasteiger partial charge < -0.3 is 9.40 Å². The minimum Gasteiger partial charge on any atom is -0.436 e. The van der Waals surface area contributed by atoms with E-state index >= 15 is 0 Å². The number of oxazole rings is 1. The first kappa shape index (κ1) is 11.3. The summed E-state index contributed by atoms with van der Waals surface area (Å²) in [4.78, 5) is 8.01. The van der Waals surface area contributed by atoms with Crippen LogP contribution in [0.5, 0.6) is 0 Å². The van der Waals surface area contributed by atoms with Gasteiger partial charge >= 0.3 is 0 Å². The van der Waals surface area contributed by atoms with Crippen molar-refractivity contribution in [3.8, 4) is 11.5 Å². The zero-order valence-electron chi connectivity index (χ0n) is 11.4. The fourth-order valence-electron chi connectivity index (χ4n) is 2.70. The van der Waals surface area contributed by atoms with Gasteiger partial charge in [0.25, 0.3) is 0 Å². The molecule has 4 aromatic rings. The van der Waals surface area contributed by atoms with Gasteiger partial charge in [-0.2, -0.15) is 0 Å². The van der Waals surface area contributed by atoms with Gasteiger partial charge in [-0.15, -0.1) is 0 Å². The molecule has 0 radical (unpaired) electrons. The maximum Gasteiger partial charge on any atom is 0.229 e. The number of hydrogen-bond acceptors (Lipinski definition) is 2. The molecule has 0 amide bonds. The molecule has 4 rings (SSSR count). The summed E-state index contributed by atoms with van der Waals surface area (Å²) in [6.07, 6.45) is 0. The maximum atomic E-state index is 5.91. The fraction of sp³-hybridized carbons (Fsp3) is 0.118. The molecule has 0 aliphatic rings. The molecule has 0 unspecified atom stereocenters. The third-order valence-corrected chi connectivity index (χ3v) is 3.65. The molecule has 20 heavy (non-hydrogen) atoms. The molecule has 98 valence electrons. The van der Waals surface area contributed by atoms with E-state index in [1.54, 1.807) is 0 Å². The Morgan fingerprint density at radius 3 is 2.75 bits per heavy atom. The van der Waals surface area contributed by atoms with E-state index < -0.39 is 0 Å². The van der Waals surface area contributed by atoms with Gasteiger partial charge in [-0.25, -0.2) is 4.98 Å². The lowest BCUT2D eigenvalue weighted by Crippen LogP contribution is -1.79. The van der Waals surface area contributed by atoms with E-state index in [-0.39, 0.29) is 0 Å². The van der Waals surface area contributed by atoms with E-state index in [1.807, 2.05) is 24.3 Å². The monoisotopic (exact) mass is 262 g/mol. The maximum absolute atomic E-state index is 5.91. The first-order valence-electron chi connectivity index (χ1n) is 6.67. The van der Waals surface area contributed by atoms with Crippen LogP contribution in [0.25, 0.3) is 33.5 Å². The van der Waals surface area contributed by atoms with Crippen LogP contribution in [-0.2, 0) is 0 Å². The first-order chi connectivity index (χ1) is 9.72. The number of aromatic amines is 1. The average Bonchev–Trinajstić information content (AvgIpc) is 2.97. The zero-order chi connectivity index (χ0) is 13.7. The van der Waals surface area contributed by atoms with Gasteiger partial charge in [0.2, 0.25) is 5.89 Å². The second-order valence-corrected chi connectivity index (χ2v) is 5.16. The molecule has 0 aliphatic heterocycles. The van der Waals surface area contributed by atoms with Crippen LogP contribution in [0, 0.1) is 13.8 Å². The number of nitrogens with zero attached hydrogens (tertiary/aromatic N) is 1. The minimum absolute atomic E-state index is 0.681. The summed E-state index contributed by atoms with van der Waals surface area (Å²) >= 11 is 0. The Kier molecular flexibility index (Phi) is 2.24. The second kappa shape index (κ2) is 3.97. The molecule has 2 aromatic carbocycles. The zero-order valence-corrected chi connectivity index (χ0v) is 11.4. The fourth-order valence-corrected chi connectivity index (χ4v) is 2.70. The molecule has 3 heteroatoms. The summed E-state index contributed by atoms with van der Waals surface area (Å²) in [5.74, 6) is 0.681. The number of nitrogens with one attached hydrogen (secondary N) is 1. The van der Waals surface area contributed by atoms with Crippen molar-refractivity contribution in [3.63, 3.8) is 0 Å². The summed E-state index contributed by atoms with van der Waals surface area (Å²) in [7, 11) is 0. The lowest BCUT2D eigenvalue weighted by atomic mass is 10.1. The van der Waals surface area contributed by atoms with Gasteiger partial charge in [0.15, 0.2) is 5.58 Å². The molecule has 1 N–H and O–H groups in total. The van der Waals surface area contributed by atoms with E-state index in [4.69, 9.17) is 4.42 Å². The number of hydrogen-bond donors (Lipinski definition) is 1. The van der Waals surface area contributed by atoms with Crippen molar-refractivity contribution >= 4 is 22.0 Å². The summed E-state index contributed by atoms with van der Waals surface area (Å²) in [6, 6.07) is 14.2. The Bertz CT molecular complexity index is 898. The number of para-hydroxylation sites is 2. The largest absolute Gasteiger partial charge is 0.436 e. The number of H-pyrrole nitrogens is 1. The van der Waals surface area contributed by atoms with Crippen LogP contribution in [0.15, 0.2) is 46.9 Å². The van der Waals surface area contributed by atoms with Crippen molar-refractivity contribution in [1.82, 2.24) is 9.97 Å². The van der Waals surface area contributed by atoms with E-state index in [0.717, 1.165) is 33.3 Å². The molecule has 3 nitrogen and oxygen atoms in total. The van der Waals surface area contributed by atoms with Gasteiger partial charge in [-0.05, 0) is 38.1 Å². The van der Waals surface area contributed by atoms with Crippen LogP contribution in [-0.4, -0.2) is 9.97 Å². The molecular weight excluding hydrogens is 248 g/mol. The average molecular weight is 262 g/mol. The third kappa shape index (κ3) is 1.56. The van der Waals surface area contributed by atoms with Crippen LogP contribution < -0.4 is 0 Å². The minimum atomic E-state index is 0.681. The summed E-state index contributed by atoms with van der Waals surface area (Å²) in [5, 5.41) is 1.16. The molecule has 0 atom stereocenters.